The van der Waals surface area contributed by atoms with Crippen LogP contribution in [0.15, 0.2) is 59.4 Å². The van der Waals surface area contributed by atoms with E-state index in [1.165, 1.54) is 0 Å². The summed E-state index contributed by atoms with van der Waals surface area (Å²) in [5.74, 6) is 0. The van der Waals surface area contributed by atoms with E-state index in [-0.39, 0.29) is 5.69 Å². The quantitative estimate of drug-likeness (QED) is 0.580. The summed E-state index contributed by atoms with van der Waals surface area (Å²) in [6, 6.07) is 18.0. The lowest BCUT2D eigenvalue weighted by Crippen LogP contribution is -2.12. The molecule has 0 saturated heterocycles. The van der Waals surface area contributed by atoms with Crippen molar-refractivity contribution in [2.45, 2.75) is 0 Å². The van der Waals surface area contributed by atoms with E-state index < -0.39 is 0 Å². The number of nitrogens with one attached hydrogen (secondary N) is 1. The summed E-state index contributed by atoms with van der Waals surface area (Å²) >= 11 is 0. The molecule has 21 heavy (non-hydrogen) atoms. The van der Waals surface area contributed by atoms with Gasteiger partial charge in [0.25, 0.3) is 0 Å². The first-order valence-electron chi connectivity index (χ1n) is 6.78. The SMILES string of the molecule is Cn1c2ccccc2c2c(-c3ccccc3)[nH]c(=O)nc21. The van der Waals surface area contributed by atoms with Crippen molar-refractivity contribution in [3.63, 3.8) is 0 Å². The summed E-state index contributed by atoms with van der Waals surface area (Å²) in [6.45, 7) is 0. The average Bonchev–Trinajstić information content (AvgIpc) is 2.81. The van der Waals surface area contributed by atoms with Gasteiger partial charge in [-0.05, 0) is 11.6 Å². The monoisotopic (exact) mass is 275 g/mol. The molecule has 0 aliphatic rings. The third-order valence-corrected chi connectivity index (χ3v) is 3.83. The van der Waals surface area contributed by atoms with Crippen LogP contribution in [0.2, 0.25) is 0 Å². The minimum atomic E-state index is -0.327. The number of benzene rings is 2. The summed E-state index contributed by atoms with van der Waals surface area (Å²) in [7, 11) is 1.94. The minimum absolute atomic E-state index is 0.327. The van der Waals surface area contributed by atoms with Crippen LogP contribution in [-0.2, 0) is 7.05 Å². The number of nitrogens with zero attached hydrogens (tertiary/aromatic N) is 2. The van der Waals surface area contributed by atoms with Gasteiger partial charge in [0.05, 0.1) is 16.6 Å². The van der Waals surface area contributed by atoms with Gasteiger partial charge in [-0.1, -0.05) is 48.5 Å². The molecule has 4 nitrogen and oxygen atoms in total. The Balaban J connectivity index is 2.26. The molecular formula is C17H13N3O. The summed E-state index contributed by atoms with van der Waals surface area (Å²) in [5, 5.41) is 2.08. The maximum atomic E-state index is 11.9. The van der Waals surface area contributed by atoms with Gasteiger partial charge < -0.3 is 9.55 Å². The molecule has 2 aromatic heterocycles. The summed E-state index contributed by atoms with van der Waals surface area (Å²) in [4.78, 5) is 19.0. The molecule has 4 aromatic rings. The van der Waals surface area contributed by atoms with E-state index in [2.05, 4.69) is 16.0 Å². The molecule has 4 rings (SSSR count). The number of rotatable bonds is 1. The largest absolute Gasteiger partial charge is 0.347 e. The first kappa shape index (κ1) is 11.9. The first-order chi connectivity index (χ1) is 10.3. The highest BCUT2D eigenvalue weighted by Crippen LogP contribution is 2.32. The van der Waals surface area contributed by atoms with Gasteiger partial charge >= 0.3 is 5.69 Å². The van der Waals surface area contributed by atoms with Crippen molar-refractivity contribution >= 4 is 21.9 Å². The molecule has 0 saturated carbocycles. The topological polar surface area (TPSA) is 50.7 Å². The molecule has 102 valence electrons. The summed E-state index contributed by atoms with van der Waals surface area (Å²) < 4.78 is 1.96. The summed E-state index contributed by atoms with van der Waals surface area (Å²) in [6.07, 6.45) is 0. The zero-order valence-electron chi connectivity index (χ0n) is 11.5. The molecule has 2 aromatic carbocycles. The Morgan fingerprint density at radius 2 is 1.71 bits per heavy atom. The molecule has 0 fully saturated rings. The van der Waals surface area contributed by atoms with Gasteiger partial charge in [0.2, 0.25) is 0 Å². The maximum Gasteiger partial charge on any atom is 0.347 e. The van der Waals surface area contributed by atoms with Crippen molar-refractivity contribution in [1.29, 1.82) is 0 Å². The minimum Gasteiger partial charge on any atom is -0.328 e. The van der Waals surface area contributed by atoms with Crippen LogP contribution in [0, 0.1) is 0 Å². The van der Waals surface area contributed by atoms with E-state index in [4.69, 9.17) is 0 Å². The molecule has 2 heterocycles. The van der Waals surface area contributed by atoms with E-state index in [0.29, 0.717) is 5.65 Å². The number of aryl methyl sites for hydroxylation is 1. The molecule has 0 atom stereocenters. The standard InChI is InChI=1S/C17H13N3O/c1-20-13-10-6-5-9-12(13)14-15(11-7-3-2-4-8-11)18-17(21)19-16(14)20/h2-10H,1H3,(H,18,19,21). The Morgan fingerprint density at radius 3 is 2.52 bits per heavy atom. The zero-order valence-corrected chi connectivity index (χ0v) is 11.5. The highest BCUT2D eigenvalue weighted by Gasteiger charge is 2.15. The van der Waals surface area contributed by atoms with E-state index in [1.807, 2.05) is 60.1 Å². The first-order valence-corrected chi connectivity index (χ1v) is 6.78. The average molecular weight is 275 g/mol. The normalized spacial score (nSPS) is 11.3. The van der Waals surface area contributed by atoms with Gasteiger partial charge in [-0.3, -0.25) is 0 Å². The van der Waals surface area contributed by atoms with Crippen LogP contribution >= 0.6 is 0 Å². The second kappa shape index (κ2) is 4.31. The Kier molecular flexibility index (Phi) is 2.44. The molecule has 0 bridgehead atoms. The van der Waals surface area contributed by atoms with Crippen LogP contribution < -0.4 is 5.69 Å². The third-order valence-electron chi connectivity index (χ3n) is 3.83. The van der Waals surface area contributed by atoms with Crippen LogP contribution in [0.1, 0.15) is 0 Å². The van der Waals surface area contributed by atoms with Gasteiger partial charge in [0.15, 0.2) is 0 Å². The second-order valence-electron chi connectivity index (χ2n) is 5.06. The lowest BCUT2D eigenvalue weighted by Gasteiger charge is -2.03. The number of aromatic nitrogens is 3. The van der Waals surface area contributed by atoms with Gasteiger partial charge in [-0.25, -0.2) is 4.79 Å². The maximum absolute atomic E-state index is 11.9. The lowest BCUT2D eigenvalue weighted by atomic mass is 10.1. The Labute approximate surface area is 120 Å². The van der Waals surface area contributed by atoms with E-state index >= 15 is 0 Å². The molecular weight excluding hydrogens is 262 g/mol. The van der Waals surface area contributed by atoms with Crippen molar-refractivity contribution in [3.8, 4) is 11.3 Å². The van der Waals surface area contributed by atoms with Gasteiger partial charge in [-0.15, -0.1) is 0 Å². The fourth-order valence-electron chi connectivity index (χ4n) is 2.87. The molecule has 0 radical (unpaired) electrons. The van der Waals surface area contributed by atoms with Crippen molar-refractivity contribution in [2.75, 3.05) is 0 Å². The molecule has 0 aliphatic carbocycles. The van der Waals surface area contributed by atoms with Gasteiger partial charge in [0.1, 0.15) is 5.65 Å². The molecule has 0 amide bonds. The number of hydrogen-bond donors (Lipinski definition) is 1. The van der Waals surface area contributed by atoms with E-state index in [1.54, 1.807) is 0 Å². The van der Waals surface area contributed by atoms with Crippen LogP contribution in [-0.4, -0.2) is 14.5 Å². The molecule has 0 aliphatic heterocycles. The smallest absolute Gasteiger partial charge is 0.328 e. The van der Waals surface area contributed by atoms with Crippen molar-refractivity contribution in [2.24, 2.45) is 7.05 Å². The second-order valence-corrected chi connectivity index (χ2v) is 5.06. The zero-order chi connectivity index (χ0) is 14.4. The highest BCUT2D eigenvalue weighted by atomic mass is 16.1. The molecule has 0 spiro atoms. The van der Waals surface area contributed by atoms with Crippen LogP contribution in [0.3, 0.4) is 0 Å². The fourth-order valence-corrected chi connectivity index (χ4v) is 2.87. The van der Waals surface area contributed by atoms with Crippen LogP contribution in [0.25, 0.3) is 33.2 Å². The van der Waals surface area contributed by atoms with E-state index in [0.717, 1.165) is 27.5 Å². The number of hydrogen-bond acceptors (Lipinski definition) is 2. The Morgan fingerprint density at radius 1 is 1.00 bits per heavy atom. The summed E-state index contributed by atoms with van der Waals surface area (Å²) in [5.41, 5.74) is 3.25. The number of para-hydroxylation sites is 1. The predicted octanol–water partition coefficient (Wildman–Crippen LogP) is 3.08. The van der Waals surface area contributed by atoms with Crippen molar-refractivity contribution in [3.05, 3.63) is 65.1 Å². The number of H-pyrrole nitrogens is 1. The molecule has 4 heteroatoms. The molecule has 0 unspecified atom stereocenters. The third kappa shape index (κ3) is 1.69. The van der Waals surface area contributed by atoms with E-state index in [9.17, 15) is 4.79 Å². The van der Waals surface area contributed by atoms with Gasteiger partial charge in [0, 0.05) is 12.4 Å². The number of aromatic amines is 1. The molecule has 1 N–H and O–H groups in total. The Bertz CT molecular complexity index is 1010. The van der Waals surface area contributed by atoms with Crippen molar-refractivity contribution < 1.29 is 0 Å². The fraction of sp³-hybridized carbons (Fsp3) is 0.0588. The van der Waals surface area contributed by atoms with Gasteiger partial charge in [-0.2, -0.15) is 4.98 Å². The van der Waals surface area contributed by atoms with Crippen LogP contribution in [0.5, 0.6) is 0 Å². The lowest BCUT2D eigenvalue weighted by molar-refractivity contribution is 0.969. The highest BCUT2D eigenvalue weighted by molar-refractivity contribution is 6.12. The predicted molar refractivity (Wildman–Crippen MR) is 84.3 cm³/mol. The van der Waals surface area contributed by atoms with Crippen molar-refractivity contribution in [1.82, 2.24) is 14.5 Å². The number of fused-ring (bicyclic) bond motifs is 3. The van der Waals surface area contributed by atoms with Crippen LogP contribution in [0.4, 0.5) is 0 Å². The Hall–Kier alpha value is -2.88.